The molecule has 1 aromatic rings. The summed E-state index contributed by atoms with van der Waals surface area (Å²) in [5, 5.41) is 8.49. The molecule has 0 aliphatic carbocycles. The van der Waals surface area contributed by atoms with Crippen LogP contribution < -0.4 is 16.0 Å². The molecule has 1 fully saturated rings. The van der Waals surface area contributed by atoms with Crippen molar-refractivity contribution in [2.75, 3.05) is 18.4 Å². The third-order valence-corrected chi connectivity index (χ3v) is 3.53. The Labute approximate surface area is 120 Å². The van der Waals surface area contributed by atoms with E-state index in [0.717, 1.165) is 21.3 Å². The van der Waals surface area contributed by atoms with Gasteiger partial charge in [0.05, 0.1) is 6.54 Å². The number of benzene rings is 1. The number of nitrogens with one attached hydrogen (secondary N) is 3. The zero-order valence-electron chi connectivity index (χ0n) is 10.8. The van der Waals surface area contributed by atoms with Crippen molar-refractivity contribution in [3.05, 3.63) is 27.7 Å². The van der Waals surface area contributed by atoms with Crippen molar-refractivity contribution in [1.29, 1.82) is 0 Å². The zero-order chi connectivity index (χ0) is 14.0. The maximum Gasteiger partial charge on any atom is 0.243 e. The quantitative estimate of drug-likeness (QED) is 0.762. The number of hydrogen-bond acceptors (Lipinski definition) is 3. The number of carbonyl (C=O) groups excluding carboxylic acids is 2. The molecule has 1 heterocycles. The van der Waals surface area contributed by atoms with Gasteiger partial charge in [0.2, 0.25) is 11.8 Å². The lowest BCUT2D eigenvalue weighted by Crippen LogP contribution is -2.56. The first kappa shape index (κ1) is 14.0. The van der Waals surface area contributed by atoms with Crippen molar-refractivity contribution in [1.82, 2.24) is 10.6 Å². The van der Waals surface area contributed by atoms with Crippen LogP contribution in [0.25, 0.3) is 0 Å². The Kier molecular flexibility index (Phi) is 4.21. The third-order valence-electron chi connectivity index (χ3n) is 3.07. The fourth-order valence-electron chi connectivity index (χ4n) is 2.07. The van der Waals surface area contributed by atoms with Crippen LogP contribution in [0.1, 0.15) is 11.1 Å². The molecule has 1 saturated heterocycles. The van der Waals surface area contributed by atoms with E-state index < -0.39 is 0 Å². The SMILES string of the molecule is Cc1cc(Br)cc(C)c1NC(=O)C1CNC(=O)CN1. The molecule has 0 aromatic heterocycles. The van der Waals surface area contributed by atoms with E-state index in [1.165, 1.54) is 0 Å². The number of carbonyl (C=O) groups is 2. The first-order valence-electron chi connectivity index (χ1n) is 6.05. The van der Waals surface area contributed by atoms with Crippen LogP contribution in [-0.4, -0.2) is 30.9 Å². The number of anilines is 1. The minimum Gasteiger partial charge on any atom is -0.353 e. The molecule has 0 spiro atoms. The summed E-state index contributed by atoms with van der Waals surface area (Å²) >= 11 is 3.42. The molecule has 0 radical (unpaired) electrons. The largest absolute Gasteiger partial charge is 0.353 e. The summed E-state index contributed by atoms with van der Waals surface area (Å²) in [7, 11) is 0. The number of hydrogen-bond donors (Lipinski definition) is 3. The summed E-state index contributed by atoms with van der Waals surface area (Å²) in [5.74, 6) is -0.214. The molecule has 0 saturated carbocycles. The monoisotopic (exact) mass is 325 g/mol. The van der Waals surface area contributed by atoms with Crippen molar-refractivity contribution < 1.29 is 9.59 Å². The summed E-state index contributed by atoms with van der Waals surface area (Å²) in [4.78, 5) is 23.2. The summed E-state index contributed by atoms with van der Waals surface area (Å²) in [6.07, 6.45) is 0. The van der Waals surface area contributed by atoms with Gasteiger partial charge in [-0.3, -0.25) is 14.9 Å². The molecular weight excluding hydrogens is 310 g/mol. The molecule has 1 aliphatic rings. The molecule has 102 valence electrons. The van der Waals surface area contributed by atoms with Gasteiger partial charge >= 0.3 is 0 Å². The normalized spacial score (nSPS) is 18.9. The number of aryl methyl sites for hydroxylation is 2. The van der Waals surface area contributed by atoms with Gasteiger partial charge in [-0.05, 0) is 37.1 Å². The van der Waals surface area contributed by atoms with E-state index in [9.17, 15) is 9.59 Å². The van der Waals surface area contributed by atoms with Crippen molar-refractivity contribution in [3.8, 4) is 0 Å². The lowest BCUT2D eigenvalue weighted by Gasteiger charge is -2.24. The maximum atomic E-state index is 12.1. The summed E-state index contributed by atoms with van der Waals surface area (Å²) < 4.78 is 0.989. The van der Waals surface area contributed by atoms with Gasteiger partial charge in [-0.25, -0.2) is 0 Å². The van der Waals surface area contributed by atoms with Crippen LogP contribution >= 0.6 is 15.9 Å². The van der Waals surface area contributed by atoms with E-state index in [-0.39, 0.29) is 24.4 Å². The van der Waals surface area contributed by atoms with Crippen molar-refractivity contribution in [2.24, 2.45) is 0 Å². The highest BCUT2D eigenvalue weighted by Crippen LogP contribution is 2.25. The smallest absolute Gasteiger partial charge is 0.243 e. The fourth-order valence-corrected chi connectivity index (χ4v) is 2.76. The predicted octanol–water partition coefficient (Wildman–Crippen LogP) is 1.09. The fraction of sp³-hybridized carbons (Fsp3) is 0.385. The second kappa shape index (κ2) is 5.71. The molecule has 3 N–H and O–H groups in total. The predicted molar refractivity (Wildman–Crippen MR) is 77.0 cm³/mol. The Morgan fingerprint density at radius 3 is 2.53 bits per heavy atom. The number of amides is 2. The van der Waals surface area contributed by atoms with E-state index in [0.29, 0.717) is 6.54 Å². The van der Waals surface area contributed by atoms with E-state index >= 15 is 0 Å². The Hall–Kier alpha value is -1.40. The van der Waals surface area contributed by atoms with Gasteiger partial charge in [-0.15, -0.1) is 0 Å². The lowest BCUT2D eigenvalue weighted by atomic mass is 10.1. The van der Waals surface area contributed by atoms with Gasteiger partial charge in [0.15, 0.2) is 0 Å². The van der Waals surface area contributed by atoms with Gasteiger partial charge in [0.25, 0.3) is 0 Å². The van der Waals surface area contributed by atoms with Gasteiger partial charge in [-0.1, -0.05) is 15.9 Å². The first-order chi connectivity index (χ1) is 8.97. The molecule has 5 nitrogen and oxygen atoms in total. The van der Waals surface area contributed by atoms with Crippen LogP contribution in [-0.2, 0) is 9.59 Å². The number of rotatable bonds is 2. The van der Waals surface area contributed by atoms with Gasteiger partial charge in [0, 0.05) is 16.7 Å². The average molecular weight is 326 g/mol. The Balaban J connectivity index is 2.09. The van der Waals surface area contributed by atoms with E-state index in [1.807, 2.05) is 26.0 Å². The molecule has 1 aromatic carbocycles. The van der Waals surface area contributed by atoms with Crippen molar-refractivity contribution >= 4 is 33.4 Å². The summed E-state index contributed by atoms with van der Waals surface area (Å²) in [6, 6.07) is 3.53. The molecular formula is C13H16BrN3O2. The van der Waals surface area contributed by atoms with Gasteiger partial charge < -0.3 is 10.6 Å². The highest BCUT2D eigenvalue weighted by atomic mass is 79.9. The topological polar surface area (TPSA) is 70.2 Å². The Morgan fingerprint density at radius 1 is 1.37 bits per heavy atom. The lowest BCUT2D eigenvalue weighted by molar-refractivity contribution is -0.124. The van der Waals surface area contributed by atoms with Crippen LogP contribution in [0.2, 0.25) is 0 Å². The molecule has 6 heteroatoms. The van der Waals surface area contributed by atoms with Crippen LogP contribution in [0.5, 0.6) is 0 Å². The number of piperazine rings is 1. The average Bonchev–Trinajstić information content (AvgIpc) is 2.34. The maximum absolute atomic E-state index is 12.1. The highest BCUT2D eigenvalue weighted by molar-refractivity contribution is 9.10. The summed E-state index contributed by atoms with van der Waals surface area (Å²) in [5.41, 5.74) is 2.83. The Morgan fingerprint density at radius 2 is 2.00 bits per heavy atom. The zero-order valence-corrected chi connectivity index (χ0v) is 12.4. The third kappa shape index (κ3) is 3.33. The molecule has 0 bridgehead atoms. The summed E-state index contributed by atoms with van der Waals surface area (Å²) in [6.45, 7) is 4.39. The molecule has 1 aliphatic heterocycles. The van der Waals surface area contributed by atoms with Crippen molar-refractivity contribution in [3.63, 3.8) is 0 Å². The van der Waals surface area contributed by atoms with E-state index in [2.05, 4.69) is 31.9 Å². The standard InChI is InChI=1S/C13H16BrN3O2/c1-7-3-9(14)4-8(2)12(7)17-13(19)10-5-16-11(18)6-15-10/h3-4,10,15H,5-6H2,1-2H3,(H,16,18)(H,17,19). The molecule has 1 unspecified atom stereocenters. The van der Waals surface area contributed by atoms with E-state index in [4.69, 9.17) is 0 Å². The number of halogens is 1. The van der Waals surface area contributed by atoms with E-state index in [1.54, 1.807) is 0 Å². The molecule has 1 atom stereocenters. The van der Waals surface area contributed by atoms with Crippen LogP contribution in [0.15, 0.2) is 16.6 Å². The molecule has 2 amide bonds. The van der Waals surface area contributed by atoms with Crippen LogP contribution in [0, 0.1) is 13.8 Å². The Bertz CT molecular complexity index is 498. The second-order valence-corrected chi connectivity index (χ2v) is 5.56. The first-order valence-corrected chi connectivity index (χ1v) is 6.84. The minimum absolute atomic E-state index is 0.0833. The molecule has 19 heavy (non-hydrogen) atoms. The van der Waals surface area contributed by atoms with Crippen molar-refractivity contribution in [2.45, 2.75) is 19.9 Å². The van der Waals surface area contributed by atoms with Crippen LogP contribution in [0.4, 0.5) is 5.69 Å². The molecule has 2 rings (SSSR count). The van der Waals surface area contributed by atoms with Gasteiger partial charge in [0.1, 0.15) is 6.04 Å². The highest BCUT2D eigenvalue weighted by Gasteiger charge is 2.24. The second-order valence-electron chi connectivity index (χ2n) is 4.64. The van der Waals surface area contributed by atoms with Crippen LogP contribution in [0.3, 0.4) is 0 Å². The minimum atomic E-state index is -0.389. The van der Waals surface area contributed by atoms with Gasteiger partial charge in [-0.2, -0.15) is 0 Å².